The quantitative estimate of drug-likeness (QED) is 0.0604. The molecule has 7 aromatic carbocycles. The molecular weight excluding hydrogens is 642 g/mol. The van der Waals surface area contributed by atoms with E-state index >= 15 is 0 Å². The van der Waals surface area contributed by atoms with Crippen molar-refractivity contribution in [1.29, 1.82) is 0 Å². The van der Waals surface area contributed by atoms with E-state index in [-0.39, 0.29) is 0 Å². The van der Waals surface area contributed by atoms with Crippen LogP contribution in [0, 0.1) is 0 Å². The summed E-state index contributed by atoms with van der Waals surface area (Å²) in [7, 11) is -1.91. The van der Waals surface area contributed by atoms with Gasteiger partial charge in [0.25, 0.3) is 0 Å². The van der Waals surface area contributed by atoms with Crippen molar-refractivity contribution in [3.05, 3.63) is 212 Å². The zero-order valence-corrected chi connectivity index (χ0v) is 31.6. The molecule has 0 spiro atoms. The molecule has 0 saturated heterocycles. The molecule has 0 amide bonds. The molecule has 0 radical (unpaired) electrons. The summed E-state index contributed by atoms with van der Waals surface area (Å²) in [5.74, 6) is 0. The molecule has 0 nitrogen and oxygen atoms in total. The Morgan fingerprint density at radius 1 is 0.308 bits per heavy atom. The summed E-state index contributed by atoms with van der Waals surface area (Å²) in [6.07, 6.45) is 8.30. The van der Waals surface area contributed by atoms with Gasteiger partial charge in [0.05, 0.1) is 6.15 Å². The first kappa shape index (κ1) is 36.8. The van der Waals surface area contributed by atoms with Gasteiger partial charge >= 0.3 is 0 Å². The Morgan fingerprint density at radius 2 is 0.558 bits per heavy atom. The van der Waals surface area contributed by atoms with E-state index in [9.17, 15) is 0 Å². The molecule has 7 rings (SSSR count). The highest BCUT2D eigenvalue weighted by Gasteiger charge is 2.47. The highest BCUT2D eigenvalue weighted by Crippen LogP contribution is 2.54. The topological polar surface area (TPSA) is 0 Å². The van der Waals surface area contributed by atoms with Crippen LogP contribution in [0.2, 0.25) is 6.32 Å². The van der Waals surface area contributed by atoms with Crippen LogP contribution in [0.25, 0.3) is 0 Å². The number of rotatable bonds is 14. The third kappa shape index (κ3) is 8.39. The van der Waals surface area contributed by atoms with Gasteiger partial charge in [0, 0.05) is 0 Å². The van der Waals surface area contributed by atoms with Gasteiger partial charge in [0.2, 0.25) is 0 Å². The number of hydrogen-bond donors (Lipinski definition) is 0. The highest BCUT2D eigenvalue weighted by molar-refractivity contribution is 8.01. The van der Waals surface area contributed by atoms with Crippen LogP contribution >= 0.6 is 7.26 Å². The van der Waals surface area contributed by atoms with Crippen molar-refractivity contribution in [3.63, 3.8) is 0 Å². The van der Waals surface area contributed by atoms with Crippen LogP contribution in [0.4, 0.5) is 0 Å². The first-order valence-electron chi connectivity index (χ1n) is 19.3. The fourth-order valence-electron chi connectivity index (χ4n) is 8.15. The van der Waals surface area contributed by atoms with Gasteiger partial charge in [-0.2, -0.15) is 22.7 Å². The van der Waals surface area contributed by atoms with Gasteiger partial charge in [-0.25, -0.2) is 0 Å². The predicted octanol–water partition coefficient (Wildman–Crippen LogP) is 9.82. The SMILES string of the molecule is CCCCCCCC[B-](c1ccccc1)(c1ccccc1)c1ccccc1.c1ccc([P+](c2ccccc2)(c2ccccc2)c2ccccc2)cc1. The summed E-state index contributed by atoms with van der Waals surface area (Å²) >= 11 is 0. The van der Waals surface area contributed by atoms with Crippen molar-refractivity contribution >= 4 is 51.0 Å². The fraction of sp³-hybridized carbons (Fsp3) is 0.160. The Hall–Kier alpha value is -4.97. The Balaban J connectivity index is 0.000000179. The average molecular weight is 695 g/mol. The maximum Gasteiger partial charge on any atom is 0.144 e. The third-order valence-corrected chi connectivity index (χ3v) is 15.0. The van der Waals surface area contributed by atoms with Crippen LogP contribution in [0.1, 0.15) is 45.4 Å². The maximum absolute atomic E-state index is 2.33. The predicted molar refractivity (Wildman–Crippen MR) is 233 cm³/mol. The molecule has 0 aliphatic heterocycles. The van der Waals surface area contributed by atoms with E-state index in [1.54, 1.807) is 0 Å². The lowest BCUT2D eigenvalue weighted by Crippen LogP contribution is -2.66. The van der Waals surface area contributed by atoms with Crippen LogP contribution < -0.4 is 37.6 Å². The molecule has 0 fully saturated rings. The molecule has 52 heavy (non-hydrogen) atoms. The molecule has 0 bridgehead atoms. The normalized spacial score (nSPS) is 11.3. The Bertz CT molecular complexity index is 1720. The molecule has 2 heteroatoms. The van der Waals surface area contributed by atoms with E-state index in [1.807, 2.05) is 0 Å². The summed E-state index contributed by atoms with van der Waals surface area (Å²) in [4.78, 5) is 0. The van der Waals surface area contributed by atoms with E-state index in [2.05, 4.69) is 219 Å². The highest BCUT2D eigenvalue weighted by atomic mass is 31.2. The Kier molecular flexibility index (Phi) is 13.5. The summed E-state index contributed by atoms with van der Waals surface area (Å²) in [6, 6.07) is 77.4. The van der Waals surface area contributed by atoms with Crippen molar-refractivity contribution in [2.24, 2.45) is 0 Å². The molecule has 0 N–H and O–H groups in total. The lowest BCUT2D eigenvalue weighted by molar-refractivity contribution is 0.623. The van der Waals surface area contributed by atoms with E-state index in [0.29, 0.717) is 0 Å². The van der Waals surface area contributed by atoms with Crippen molar-refractivity contribution in [3.8, 4) is 0 Å². The smallest absolute Gasteiger partial charge is 0.144 e. The van der Waals surface area contributed by atoms with Crippen molar-refractivity contribution < 1.29 is 0 Å². The summed E-state index contributed by atoms with van der Waals surface area (Å²) in [5.41, 5.74) is 4.38. The molecule has 0 aliphatic rings. The van der Waals surface area contributed by atoms with Gasteiger partial charge in [-0.3, -0.25) is 0 Å². The van der Waals surface area contributed by atoms with E-state index in [0.717, 1.165) is 0 Å². The lowest BCUT2D eigenvalue weighted by Gasteiger charge is -2.43. The number of benzene rings is 7. The second-order valence-corrected chi connectivity index (χ2v) is 17.3. The standard InChI is InChI=1S/C26H32B.C24H20P/c1-2-3-4-5-6-16-23-27(24-17-10-7-11-18-24,25-19-12-8-13-20-25)26-21-14-9-15-22-26;1-5-13-21(14-6-1)25(22-15-7-2-8-16-22,23-17-9-3-10-18-23)24-19-11-4-12-20-24/h7-15,17-22H,2-6,16,23H2,1H3;1-20H/q-1;+1. The Morgan fingerprint density at radius 3 is 0.846 bits per heavy atom. The summed E-state index contributed by atoms with van der Waals surface area (Å²) < 4.78 is 0. The third-order valence-electron chi connectivity index (χ3n) is 10.7. The molecule has 0 aromatic heterocycles. The van der Waals surface area contributed by atoms with Gasteiger partial charge in [-0.05, 0) is 48.5 Å². The van der Waals surface area contributed by atoms with Gasteiger partial charge in [0.15, 0.2) is 0 Å². The summed E-state index contributed by atoms with van der Waals surface area (Å²) in [6.45, 7) is 2.29. The second kappa shape index (κ2) is 19.0. The number of unbranched alkanes of at least 4 members (excludes halogenated alkanes) is 5. The zero-order chi connectivity index (χ0) is 35.7. The van der Waals surface area contributed by atoms with E-state index < -0.39 is 13.4 Å². The number of hydrogen-bond acceptors (Lipinski definition) is 0. The minimum Gasteiger partial charge on any atom is -0.200 e. The average Bonchev–Trinajstić information content (AvgIpc) is 3.24. The first-order valence-corrected chi connectivity index (χ1v) is 21.0. The van der Waals surface area contributed by atoms with Crippen LogP contribution in [0.3, 0.4) is 0 Å². The molecule has 0 heterocycles. The largest absolute Gasteiger partial charge is 0.200 e. The second-order valence-electron chi connectivity index (χ2n) is 13.8. The molecule has 260 valence electrons. The van der Waals surface area contributed by atoms with Gasteiger partial charge in [0.1, 0.15) is 28.5 Å². The molecule has 0 saturated carbocycles. The van der Waals surface area contributed by atoms with Gasteiger partial charge < -0.3 is 0 Å². The fourth-order valence-corrected chi connectivity index (χ4v) is 12.4. The molecule has 0 unspecified atom stereocenters. The minimum atomic E-state index is -1.91. The molecule has 7 aromatic rings. The van der Waals surface area contributed by atoms with Crippen molar-refractivity contribution in [2.45, 2.75) is 51.8 Å². The monoisotopic (exact) mass is 694 g/mol. The van der Waals surface area contributed by atoms with Crippen molar-refractivity contribution in [2.75, 3.05) is 0 Å². The Labute approximate surface area is 313 Å². The molecule has 0 atom stereocenters. The molecule has 0 aliphatic carbocycles. The van der Waals surface area contributed by atoms with Gasteiger partial charge in [-0.1, -0.05) is 209 Å². The summed E-state index contributed by atoms with van der Waals surface area (Å²) in [5, 5.41) is 5.55. The van der Waals surface area contributed by atoms with E-state index in [1.165, 1.54) is 82.5 Å². The lowest BCUT2D eigenvalue weighted by atomic mass is 9.14. The van der Waals surface area contributed by atoms with Crippen LogP contribution in [0.5, 0.6) is 0 Å². The van der Waals surface area contributed by atoms with Crippen LogP contribution in [-0.4, -0.2) is 6.15 Å². The maximum atomic E-state index is 2.33. The first-order chi connectivity index (χ1) is 25.8. The van der Waals surface area contributed by atoms with Crippen LogP contribution in [0.15, 0.2) is 212 Å². The van der Waals surface area contributed by atoms with Gasteiger partial charge in [-0.15, -0.1) is 0 Å². The molecular formula is C50H52BP. The van der Waals surface area contributed by atoms with Crippen molar-refractivity contribution in [1.82, 2.24) is 0 Å². The minimum absolute atomic E-state index is 0.938. The van der Waals surface area contributed by atoms with Crippen LogP contribution in [-0.2, 0) is 0 Å². The van der Waals surface area contributed by atoms with E-state index in [4.69, 9.17) is 0 Å². The zero-order valence-electron chi connectivity index (χ0n) is 30.7.